The minimum atomic E-state index is -1.16. The van der Waals surface area contributed by atoms with E-state index in [-0.39, 0.29) is 17.3 Å². The smallest absolute Gasteiger partial charge is 0.354 e. The molecule has 1 aliphatic rings. The van der Waals surface area contributed by atoms with Crippen LogP contribution in [0.25, 0.3) is 5.69 Å². The fraction of sp³-hybridized carbons (Fsp3) is 0.176. The summed E-state index contributed by atoms with van der Waals surface area (Å²) < 4.78 is 28.5. The predicted octanol–water partition coefficient (Wildman–Crippen LogP) is 4.94. The molecule has 0 spiro atoms. The Bertz CT molecular complexity index is 875. The number of hydrogen-bond acceptors (Lipinski definition) is 3. The van der Waals surface area contributed by atoms with Crippen LogP contribution in [0.2, 0.25) is 0 Å². The number of benzene rings is 1. The first-order valence-electron chi connectivity index (χ1n) is 7.40. The molecule has 1 N–H and O–H groups in total. The van der Waals surface area contributed by atoms with Crippen molar-refractivity contribution in [2.75, 3.05) is 5.75 Å². The van der Waals surface area contributed by atoms with Crippen molar-refractivity contribution >= 4 is 29.3 Å². The van der Waals surface area contributed by atoms with Crippen LogP contribution in [0.1, 0.15) is 23.3 Å². The van der Waals surface area contributed by atoms with Crippen LogP contribution in [0.5, 0.6) is 0 Å². The number of carboxylic acid groups (broad SMARTS) is 1. The maximum Gasteiger partial charge on any atom is 0.354 e. The molecule has 8 heteroatoms. The van der Waals surface area contributed by atoms with Crippen LogP contribution in [0.4, 0.5) is 8.78 Å². The van der Waals surface area contributed by atoms with Crippen LogP contribution in [-0.2, 0) is 0 Å². The first-order valence-corrected chi connectivity index (χ1v) is 8.77. The zero-order chi connectivity index (χ0) is 18.0. The van der Waals surface area contributed by atoms with Gasteiger partial charge in [-0.15, -0.1) is 0 Å². The van der Waals surface area contributed by atoms with Crippen LogP contribution in [0, 0.1) is 5.82 Å². The normalized spacial score (nSPS) is 14.6. The number of allylic oxidation sites excluding steroid dienone is 3. The van der Waals surface area contributed by atoms with Crippen LogP contribution in [0.15, 0.2) is 58.1 Å². The molecule has 1 aromatic heterocycles. The molecule has 0 atom stereocenters. The number of aromatic nitrogens is 2. The van der Waals surface area contributed by atoms with Crippen LogP contribution in [0.3, 0.4) is 0 Å². The van der Waals surface area contributed by atoms with Gasteiger partial charge < -0.3 is 5.11 Å². The Morgan fingerprint density at radius 1 is 1.32 bits per heavy atom. The van der Waals surface area contributed by atoms with Gasteiger partial charge in [-0.1, -0.05) is 23.4 Å². The van der Waals surface area contributed by atoms with E-state index >= 15 is 0 Å². The van der Waals surface area contributed by atoms with E-state index in [0.29, 0.717) is 34.3 Å². The molecule has 0 amide bonds. The number of nitrogens with zero attached hydrogens (tertiary/aromatic N) is 2. The highest BCUT2D eigenvalue weighted by atomic mass is 35.5. The van der Waals surface area contributed by atoms with Gasteiger partial charge in [0.05, 0.1) is 6.20 Å². The van der Waals surface area contributed by atoms with Gasteiger partial charge in [0.2, 0.25) is 0 Å². The SMILES string of the molecule is O=C(O)c1cnc(SCC2=C(Cl)CCC=C2F)n1-c1ccc(F)cc1. The highest BCUT2D eigenvalue weighted by molar-refractivity contribution is 7.99. The highest BCUT2D eigenvalue weighted by Gasteiger charge is 2.20. The van der Waals surface area contributed by atoms with Crippen molar-refractivity contribution in [1.82, 2.24) is 9.55 Å². The second kappa shape index (κ2) is 7.41. The summed E-state index contributed by atoms with van der Waals surface area (Å²) >= 11 is 7.27. The summed E-state index contributed by atoms with van der Waals surface area (Å²) in [6.45, 7) is 0. The van der Waals surface area contributed by atoms with E-state index in [1.807, 2.05) is 0 Å². The van der Waals surface area contributed by atoms with E-state index in [9.17, 15) is 18.7 Å². The van der Waals surface area contributed by atoms with Gasteiger partial charge in [0, 0.05) is 22.0 Å². The lowest BCUT2D eigenvalue weighted by Crippen LogP contribution is -2.08. The molecule has 0 fully saturated rings. The Labute approximate surface area is 151 Å². The van der Waals surface area contributed by atoms with Gasteiger partial charge in [-0.25, -0.2) is 18.6 Å². The first kappa shape index (κ1) is 17.7. The standard InChI is InChI=1S/C17H13ClF2N2O2S/c18-13-2-1-3-14(20)12(13)9-25-17-21-8-15(16(23)24)22(17)11-6-4-10(19)5-7-11/h3-8H,1-2,9H2,(H,23,24). The highest BCUT2D eigenvalue weighted by Crippen LogP contribution is 2.34. The van der Waals surface area contributed by atoms with E-state index < -0.39 is 11.8 Å². The van der Waals surface area contributed by atoms with Gasteiger partial charge in [-0.3, -0.25) is 4.57 Å². The Kier molecular flexibility index (Phi) is 5.24. The van der Waals surface area contributed by atoms with E-state index in [1.165, 1.54) is 52.9 Å². The molecule has 4 nitrogen and oxygen atoms in total. The molecule has 0 bridgehead atoms. The third kappa shape index (κ3) is 3.77. The van der Waals surface area contributed by atoms with Crippen molar-refractivity contribution in [2.24, 2.45) is 0 Å². The average molecular weight is 383 g/mol. The minimum Gasteiger partial charge on any atom is -0.477 e. The van der Waals surface area contributed by atoms with Gasteiger partial charge in [0.25, 0.3) is 0 Å². The number of rotatable bonds is 5. The first-order chi connectivity index (χ1) is 12.0. The zero-order valence-corrected chi connectivity index (χ0v) is 14.4. The second-order valence-electron chi connectivity index (χ2n) is 5.31. The molecule has 0 unspecified atom stereocenters. The summed E-state index contributed by atoms with van der Waals surface area (Å²) in [5, 5.41) is 10.2. The van der Waals surface area contributed by atoms with Crippen molar-refractivity contribution in [3.63, 3.8) is 0 Å². The molecule has 1 aliphatic carbocycles. The molecule has 3 rings (SSSR count). The summed E-state index contributed by atoms with van der Waals surface area (Å²) in [7, 11) is 0. The molecule has 1 heterocycles. The minimum absolute atomic E-state index is 0.0613. The van der Waals surface area contributed by atoms with E-state index in [1.54, 1.807) is 0 Å². The summed E-state index contributed by atoms with van der Waals surface area (Å²) in [4.78, 5) is 15.6. The molecule has 25 heavy (non-hydrogen) atoms. The average Bonchev–Trinajstić information content (AvgIpc) is 2.99. The number of imidazole rings is 1. The number of hydrogen-bond donors (Lipinski definition) is 1. The summed E-state index contributed by atoms with van der Waals surface area (Å²) in [5.74, 6) is -1.73. The van der Waals surface area contributed by atoms with Gasteiger partial charge >= 0.3 is 5.97 Å². The predicted molar refractivity (Wildman–Crippen MR) is 92.5 cm³/mol. The number of carboxylic acids is 1. The summed E-state index contributed by atoms with van der Waals surface area (Å²) in [6.07, 6.45) is 3.85. The van der Waals surface area contributed by atoms with Crippen molar-refractivity contribution in [3.05, 3.63) is 64.5 Å². The fourth-order valence-corrected chi connectivity index (χ4v) is 3.83. The Morgan fingerprint density at radius 2 is 2.04 bits per heavy atom. The molecule has 0 aliphatic heterocycles. The van der Waals surface area contributed by atoms with Crippen molar-refractivity contribution < 1.29 is 18.7 Å². The number of aromatic carboxylic acids is 1. The Hall–Kier alpha value is -2.12. The van der Waals surface area contributed by atoms with E-state index in [2.05, 4.69) is 4.98 Å². The van der Waals surface area contributed by atoms with Gasteiger partial charge in [0.15, 0.2) is 10.9 Å². The third-order valence-electron chi connectivity index (χ3n) is 3.68. The zero-order valence-electron chi connectivity index (χ0n) is 12.9. The van der Waals surface area contributed by atoms with Crippen molar-refractivity contribution in [3.8, 4) is 5.69 Å². The maximum absolute atomic E-state index is 13.9. The molecule has 0 radical (unpaired) electrons. The lowest BCUT2D eigenvalue weighted by Gasteiger charge is -2.14. The van der Waals surface area contributed by atoms with Gasteiger partial charge in [-0.2, -0.15) is 0 Å². The quantitative estimate of drug-likeness (QED) is 0.744. The van der Waals surface area contributed by atoms with E-state index in [4.69, 9.17) is 11.6 Å². The lowest BCUT2D eigenvalue weighted by atomic mass is 10.1. The Morgan fingerprint density at radius 3 is 2.68 bits per heavy atom. The molecule has 2 aromatic rings. The molecule has 0 saturated carbocycles. The van der Waals surface area contributed by atoms with Crippen molar-refractivity contribution in [1.29, 1.82) is 0 Å². The number of carbonyl (C=O) groups is 1. The Balaban J connectivity index is 1.93. The summed E-state index contributed by atoms with van der Waals surface area (Å²) in [6, 6.07) is 5.39. The molecule has 130 valence electrons. The van der Waals surface area contributed by atoms with Crippen molar-refractivity contribution in [2.45, 2.75) is 18.0 Å². The van der Waals surface area contributed by atoms with E-state index in [0.717, 1.165) is 0 Å². The largest absolute Gasteiger partial charge is 0.477 e. The lowest BCUT2D eigenvalue weighted by molar-refractivity contribution is 0.0687. The van der Waals surface area contributed by atoms with Gasteiger partial charge in [0.1, 0.15) is 11.6 Å². The summed E-state index contributed by atoms with van der Waals surface area (Å²) in [5.41, 5.74) is 0.788. The van der Waals surface area contributed by atoms with Crippen LogP contribution < -0.4 is 0 Å². The number of thioether (sulfide) groups is 1. The molecular formula is C17H13ClF2N2O2S. The molecule has 1 aromatic carbocycles. The maximum atomic E-state index is 13.9. The third-order valence-corrected chi connectivity index (χ3v) is 5.08. The monoisotopic (exact) mass is 382 g/mol. The molecular weight excluding hydrogens is 370 g/mol. The number of halogens is 3. The fourth-order valence-electron chi connectivity index (χ4n) is 2.44. The topological polar surface area (TPSA) is 55.1 Å². The van der Waals surface area contributed by atoms with Gasteiger partial charge in [-0.05, 0) is 43.2 Å². The van der Waals surface area contributed by atoms with Crippen LogP contribution >= 0.6 is 23.4 Å². The second-order valence-corrected chi connectivity index (χ2v) is 6.70. The molecule has 0 saturated heterocycles. The van der Waals surface area contributed by atoms with Crippen LogP contribution in [-0.4, -0.2) is 26.4 Å².